The number of hydrogen-bond donors (Lipinski definition) is 2. The smallest absolute Gasteiger partial charge is 0.199 e. The van der Waals surface area contributed by atoms with Gasteiger partial charge in [0.25, 0.3) is 0 Å². The molecule has 1 aromatic heterocycles. The molecule has 1 aromatic carbocycles. The second-order valence-electron chi connectivity index (χ2n) is 2.54. The Balaban J connectivity index is 3.01. The maximum atomic E-state index is 13.0. The summed E-state index contributed by atoms with van der Waals surface area (Å²) in [6.45, 7) is 0. The monoisotopic (exact) mass is 222 g/mol. The Morgan fingerprint density at radius 2 is 1.50 bits per heavy atom. The lowest BCUT2D eigenvalue weighted by molar-refractivity contribution is 0.417. The van der Waals surface area contributed by atoms with Gasteiger partial charge in [-0.1, -0.05) is 0 Å². The standard InChI is InChI=1S/C7H2F4N2S/c8-1-2(9)4(11)6-5(3(1)10)12-7(14)13-6/h(H2,12,13,14). The van der Waals surface area contributed by atoms with Crippen molar-refractivity contribution in [1.29, 1.82) is 0 Å². The van der Waals surface area contributed by atoms with Crippen molar-refractivity contribution in [2.45, 2.75) is 5.16 Å². The van der Waals surface area contributed by atoms with Crippen molar-refractivity contribution in [3.63, 3.8) is 0 Å². The summed E-state index contributed by atoms with van der Waals surface area (Å²) in [5.41, 5.74) is -1.14. The van der Waals surface area contributed by atoms with Crippen LogP contribution in [-0.4, -0.2) is 9.97 Å². The van der Waals surface area contributed by atoms with Crippen LogP contribution < -0.4 is 0 Å². The summed E-state index contributed by atoms with van der Waals surface area (Å²) in [6, 6.07) is 0. The first kappa shape index (κ1) is 9.32. The van der Waals surface area contributed by atoms with Crippen LogP contribution in [0.5, 0.6) is 0 Å². The van der Waals surface area contributed by atoms with E-state index in [1.807, 2.05) is 0 Å². The van der Waals surface area contributed by atoms with Crippen molar-refractivity contribution in [1.82, 2.24) is 9.97 Å². The van der Waals surface area contributed by atoms with Crippen LogP contribution in [0.1, 0.15) is 0 Å². The third kappa shape index (κ3) is 1.08. The van der Waals surface area contributed by atoms with E-state index < -0.39 is 34.3 Å². The second-order valence-corrected chi connectivity index (χ2v) is 2.96. The Bertz CT molecular complexity index is 477. The van der Waals surface area contributed by atoms with Crippen molar-refractivity contribution in [3.05, 3.63) is 23.3 Å². The van der Waals surface area contributed by atoms with Gasteiger partial charge in [0.15, 0.2) is 28.4 Å². The van der Waals surface area contributed by atoms with E-state index in [0.29, 0.717) is 0 Å². The van der Waals surface area contributed by atoms with Crippen molar-refractivity contribution < 1.29 is 17.6 Å². The number of rotatable bonds is 0. The molecule has 2 nitrogen and oxygen atoms in total. The predicted octanol–water partition coefficient (Wildman–Crippen LogP) is 2.41. The van der Waals surface area contributed by atoms with Crippen molar-refractivity contribution in [2.75, 3.05) is 0 Å². The highest BCUT2D eigenvalue weighted by atomic mass is 32.1. The second kappa shape index (κ2) is 2.88. The zero-order valence-corrected chi connectivity index (χ0v) is 7.30. The van der Waals surface area contributed by atoms with E-state index >= 15 is 0 Å². The van der Waals surface area contributed by atoms with Crippen LogP contribution in [0.4, 0.5) is 17.6 Å². The summed E-state index contributed by atoms with van der Waals surface area (Å²) in [5.74, 6) is -6.79. The number of hydrogen-bond acceptors (Lipinski definition) is 2. The molecule has 0 fully saturated rings. The summed E-state index contributed by atoms with van der Waals surface area (Å²) < 4.78 is 51.2. The maximum Gasteiger partial charge on any atom is 0.199 e. The van der Waals surface area contributed by atoms with E-state index in [-0.39, 0.29) is 5.16 Å². The predicted molar refractivity (Wildman–Crippen MR) is 43.2 cm³/mol. The number of thiol groups is 1. The Kier molecular flexibility index (Phi) is 1.91. The lowest BCUT2D eigenvalue weighted by Crippen LogP contribution is -1.97. The number of aromatic amines is 1. The third-order valence-electron chi connectivity index (χ3n) is 1.70. The number of halogens is 4. The first-order valence-corrected chi connectivity index (χ1v) is 3.87. The van der Waals surface area contributed by atoms with Gasteiger partial charge in [0.1, 0.15) is 11.0 Å². The highest BCUT2D eigenvalue weighted by molar-refractivity contribution is 7.80. The van der Waals surface area contributed by atoms with Gasteiger partial charge >= 0.3 is 0 Å². The van der Waals surface area contributed by atoms with E-state index in [4.69, 9.17) is 0 Å². The van der Waals surface area contributed by atoms with Crippen molar-refractivity contribution >= 4 is 23.7 Å². The molecule has 0 aliphatic carbocycles. The number of aromatic nitrogens is 2. The molecule has 1 N–H and O–H groups in total. The molecule has 7 heteroatoms. The first-order valence-electron chi connectivity index (χ1n) is 3.43. The van der Waals surface area contributed by atoms with Crippen LogP contribution in [-0.2, 0) is 0 Å². The van der Waals surface area contributed by atoms with Gasteiger partial charge in [-0.05, 0) is 0 Å². The highest BCUT2D eigenvalue weighted by Crippen LogP contribution is 2.25. The molecule has 0 radical (unpaired) electrons. The number of benzene rings is 1. The third-order valence-corrected chi connectivity index (χ3v) is 1.91. The Hall–Kier alpha value is -1.24. The van der Waals surface area contributed by atoms with Gasteiger partial charge in [-0.3, -0.25) is 0 Å². The molecule has 74 valence electrons. The summed E-state index contributed by atoms with van der Waals surface area (Å²) in [6.07, 6.45) is 0. The molecular weight excluding hydrogens is 220 g/mol. The molecule has 0 unspecified atom stereocenters. The average Bonchev–Trinajstić information content (AvgIpc) is 2.54. The highest BCUT2D eigenvalue weighted by Gasteiger charge is 2.22. The quantitative estimate of drug-likeness (QED) is 0.305. The van der Waals surface area contributed by atoms with Gasteiger partial charge in [0, 0.05) is 0 Å². The maximum absolute atomic E-state index is 13.0. The van der Waals surface area contributed by atoms with Gasteiger partial charge < -0.3 is 4.98 Å². The largest absolute Gasteiger partial charge is 0.331 e. The zero-order chi connectivity index (χ0) is 10.5. The fourth-order valence-corrected chi connectivity index (χ4v) is 1.30. The number of H-pyrrole nitrogens is 1. The molecule has 0 bridgehead atoms. The van der Waals surface area contributed by atoms with Crippen LogP contribution in [0.3, 0.4) is 0 Å². The summed E-state index contributed by atoms with van der Waals surface area (Å²) >= 11 is 3.66. The zero-order valence-electron chi connectivity index (χ0n) is 6.41. The SMILES string of the molecule is Fc1c(F)c(F)c2[nH]c(S)nc2c1F. The van der Waals surface area contributed by atoms with E-state index in [2.05, 4.69) is 22.6 Å². The van der Waals surface area contributed by atoms with E-state index in [1.165, 1.54) is 0 Å². The molecule has 0 atom stereocenters. The molecular formula is C7H2F4N2S. The van der Waals surface area contributed by atoms with Crippen LogP contribution in [0, 0.1) is 23.3 Å². The normalized spacial score (nSPS) is 11.2. The minimum absolute atomic E-state index is 0.122. The molecule has 0 spiro atoms. The lowest BCUT2D eigenvalue weighted by Gasteiger charge is -1.97. The van der Waals surface area contributed by atoms with Crippen molar-refractivity contribution in [2.24, 2.45) is 0 Å². The van der Waals surface area contributed by atoms with Gasteiger partial charge in [0.2, 0.25) is 0 Å². The number of fused-ring (bicyclic) bond motifs is 1. The Labute approximate surface area is 80.4 Å². The van der Waals surface area contributed by atoms with Crippen LogP contribution in [0.2, 0.25) is 0 Å². The van der Waals surface area contributed by atoms with Crippen molar-refractivity contribution in [3.8, 4) is 0 Å². The molecule has 0 amide bonds. The summed E-state index contributed by atoms with van der Waals surface area (Å²) in [7, 11) is 0. The summed E-state index contributed by atoms with van der Waals surface area (Å²) in [5, 5.41) is -0.122. The van der Waals surface area contributed by atoms with Crippen LogP contribution in [0.25, 0.3) is 11.0 Å². The van der Waals surface area contributed by atoms with Gasteiger partial charge in [-0.15, -0.1) is 12.6 Å². The van der Waals surface area contributed by atoms with E-state index in [9.17, 15) is 17.6 Å². The molecule has 0 aliphatic heterocycles. The van der Waals surface area contributed by atoms with Crippen LogP contribution in [0.15, 0.2) is 5.16 Å². The molecule has 14 heavy (non-hydrogen) atoms. The number of nitrogens with zero attached hydrogens (tertiary/aromatic N) is 1. The molecule has 2 rings (SSSR count). The fourth-order valence-electron chi connectivity index (χ4n) is 1.08. The molecule has 1 heterocycles. The topological polar surface area (TPSA) is 28.7 Å². The Morgan fingerprint density at radius 1 is 0.929 bits per heavy atom. The minimum Gasteiger partial charge on any atom is -0.331 e. The fraction of sp³-hybridized carbons (Fsp3) is 0. The van der Waals surface area contributed by atoms with Gasteiger partial charge in [0.05, 0.1) is 0 Å². The van der Waals surface area contributed by atoms with Gasteiger partial charge in [-0.2, -0.15) is 0 Å². The molecule has 0 saturated heterocycles. The minimum atomic E-state index is -1.88. The number of imidazole rings is 1. The average molecular weight is 222 g/mol. The van der Waals surface area contributed by atoms with Crippen LogP contribution >= 0.6 is 12.6 Å². The van der Waals surface area contributed by atoms with E-state index in [1.54, 1.807) is 0 Å². The molecule has 0 aliphatic rings. The Morgan fingerprint density at radius 3 is 2.14 bits per heavy atom. The van der Waals surface area contributed by atoms with E-state index in [0.717, 1.165) is 0 Å². The number of nitrogens with one attached hydrogen (secondary N) is 1. The molecule has 0 saturated carbocycles. The molecule has 2 aromatic rings. The first-order chi connectivity index (χ1) is 6.52. The lowest BCUT2D eigenvalue weighted by atomic mass is 10.2. The summed E-state index contributed by atoms with van der Waals surface area (Å²) in [4.78, 5) is 5.53. The van der Waals surface area contributed by atoms with Gasteiger partial charge in [-0.25, -0.2) is 22.5 Å².